The van der Waals surface area contributed by atoms with Crippen LogP contribution in [0, 0.1) is 6.92 Å². The van der Waals surface area contributed by atoms with Crippen LogP contribution in [-0.2, 0) is 10.0 Å². The second-order valence-corrected chi connectivity index (χ2v) is 8.49. The number of hydrogen-bond donors (Lipinski definition) is 2. The van der Waals surface area contributed by atoms with Crippen molar-refractivity contribution in [3.05, 3.63) is 95.0 Å². The number of nitrogens with one attached hydrogen (secondary N) is 2. The Balaban J connectivity index is 1.80. The van der Waals surface area contributed by atoms with Crippen LogP contribution in [0.15, 0.2) is 83.8 Å². The molecule has 0 aliphatic carbocycles. The molecule has 6 heteroatoms. The average Bonchev–Trinajstić information content (AvgIpc) is 2.66. The topological polar surface area (TPSA) is 58.2 Å². The third-order valence-electron chi connectivity index (χ3n) is 4.18. The van der Waals surface area contributed by atoms with E-state index >= 15 is 0 Å². The Hall–Kier alpha value is -2.34. The summed E-state index contributed by atoms with van der Waals surface area (Å²) >= 11 is 6.07. The third kappa shape index (κ3) is 5.32. The highest BCUT2D eigenvalue weighted by Crippen LogP contribution is 2.22. The Kier molecular flexibility index (Phi) is 6.16. The van der Waals surface area contributed by atoms with Crippen LogP contribution in [0.1, 0.15) is 17.2 Å². The van der Waals surface area contributed by atoms with E-state index in [1.54, 1.807) is 30.3 Å². The van der Waals surface area contributed by atoms with Gasteiger partial charge in [-0.05, 0) is 42.8 Å². The van der Waals surface area contributed by atoms with Gasteiger partial charge in [-0.25, -0.2) is 13.1 Å². The van der Waals surface area contributed by atoms with Gasteiger partial charge in [-0.15, -0.1) is 0 Å². The van der Waals surface area contributed by atoms with Crippen LogP contribution < -0.4 is 10.0 Å². The molecule has 3 aromatic rings. The molecule has 0 amide bonds. The SMILES string of the molecule is Cc1ccc(S(=O)(=O)NCC(Nc2cccc(Cl)c2)c2ccccc2)cc1. The fraction of sp³-hybridized carbons (Fsp3) is 0.143. The van der Waals surface area contributed by atoms with Gasteiger partial charge < -0.3 is 5.32 Å². The van der Waals surface area contributed by atoms with Crippen LogP contribution in [0.25, 0.3) is 0 Å². The highest BCUT2D eigenvalue weighted by atomic mass is 35.5. The lowest BCUT2D eigenvalue weighted by atomic mass is 10.1. The first-order valence-corrected chi connectivity index (χ1v) is 10.4. The monoisotopic (exact) mass is 400 g/mol. The molecular weight excluding hydrogens is 380 g/mol. The number of halogens is 1. The summed E-state index contributed by atoms with van der Waals surface area (Å²) in [5.41, 5.74) is 2.81. The minimum absolute atomic E-state index is 0.201. The smallest absolute Gasteiger partial charge is 0.240 e. The van der Waals surface area contributed by atoms with Gasteiger partial charge in [0.2, 0.25) is 10.0 Å². The zero-order valence-corrected chi connectivity index (χ0v) is 16.5. The largest absolute Gasteiger partial charge is 0.377 e. The third-order valence-corrected chi connectivity index (χ3v) is 5.85. The first kappa shape index (κ1) is 19.4. The molecule has 1 atom stereocenters. The van der Waals surface area contributed by atoms with Crippen LogP contribution >= 0.6 is 11.6 Å². The molecule has 0 saturated heterocycles. The van der Waals surface area contributed by atoms with E-state index in [0.717, 1.165) is 16.8 Å². The normalized spacial score (nSPS) is 12.5. The summed E-state index contributed by atoms with van der Waals surface area (Å²) in [5, 5.41) is 3.98. The maximum Gasteiger partial charge on any atom is 0.240 e. The molecule has 140 valence electrons. The Morgan fingerprint density at radius 2 is 1.63 bits per heavy atom. The van der Waals surface area contributed by atoms with E-state index in [4.69, 9.17) is 11.6 Å². The van der Waals surface area contributed by atoms with E-state index in [-0.39, 0.29) is 17.5 Å². The Morgan fingerprint density at radius 3 is 2.30 bits per heavy atom. The van der Waals surface area contributed by atoms with Gasteiger partial charge in [-0.2, -0.15) is 0 Å². The summed E-state index contributed by atoms with van der Waals surface area (Å²) in [7, 11) is -3.60. The molecule has 0 saturated carbocycles. The van der Waals surface area contributed by atoms with Crippen molar-refractivity contribution in [2.75, 3.05) is 11.9 Å². The van der Waals surface area contributed by atoms with Crippen LogP contribution in [0.3, 0.4) is 0 Å². The Labute approximate surface area is 165 Å². The molecule has 1 unspecified atom stereocenters. The van der Waals surface area contributed by atoms with Gasteiger partial charge in [0.1, 0.15) is 0 Å². The first-order valence-electron chi connectivity index (χ1n) is 8.57. The second kappa shape index (κ2) is 8.57. The Bertz CT molecular complexity index is 990. The molecule has 3 rings (SSSR count). The summed E-state index contributed by atoms with van der Waals surface area (Å²) < 4.78 is 28.0. The fourth-order valence-electron chi connectivity index (χ4n) is 2.71. The van der Waals surface area contributed by atoms with E-state index in [1.165, 1.54) is 0 Å². The van der Waals surface area contributed by atoms with E-state index in [2.05, 4.69) is 10.0 Å². The van der Waals surface area contributed by atoms with E-state index < -0.39 is 10.0 Å². The van der Waals surface area contributed by atoms with Gasteiger partial charge in [0, 0.05) is 17.3 Å². The zero-order valence-electron chi connectivity index (χ0n) is 14.9. The van der Waals surface area contributed by atoms with Crippen LogP contribution in [0.4, 0.5) is 5.69 Å². The zero-order chi connectivity index (χ0) is 19.3. The van der Waals surface area contributed by atoms with Crippen molar-refractivity contribution in [2.24, 2.45) is 0 Å². The minimum Gasteiger partial charge on any atom is -0.377 e. The predicted octanol–water partition coefficient (Wildman–Crippen LogP) is 4.78. The quantitative estimate of drug-likeness (QED) is 0.600. The van der Waals surface area contributed by atoms with Gasteiger partial charge in [-0.3, -0.25) is 0 Å². The maximum absolute atomic E-state index is 12.6. The molecule has 0 aromatic heterocycles. The molecule has 0 aliphatic rings. The van der Waals surface area contributed by atoms with Crippen LogP contribution in [-0.4, -0.2) is 15.0 Å². The maximum atomic E-state index is 12.6. The molecular formula is C21H21ClN2O2S. The number of benzene rings is 3. The molecule has 2 N–H and O–H groups in total. The molecule has 0 fully saturated rings. The summed E-state index contributed by atoms with van der Waals surface area (Å²) in [6.07, 6.45) is 0. The minimum atomic E-state index is -3.60. The highest BCUT2D eigenvalue weighted by molar-refractivity contribution is 7.89. The predicted molar refractivity (Wildman–Crippen MR) is 111 cm³/mol. The lowest BCUT2D eigenvalue weighted by Gasteiger charge is -2.21. The molecule has 3 aromatic carbocycles. The van der Waals surface area contributed by atoms with Crippen molar-refractivity contribution in [1.29, 1.82) is 0 Å². The van der Waals surface area contributed by atoms with Crippen molar-refractivity contribution >= 4 is 27.3 Å². The van der Waals surface area contributed by atoms with Gasteiger partial charge in [0.05, 0.1) is 10.9 Å². The van der Waals surface area contributed by atoms with Gasteiger partial charge in [-0.1, -0.05) is 65.7 Å². The van der Waals surface area contributed by atoms with Crippen molar-refractivity contribution in [3.8, 4) is 0 Å². The van der Waals surface area contributed by atoms with Gasteiger partial charge in [0.25, 0.3) is 0 Å². The lowest BCUT2D eigenvalue weighted by molar-refractivity contribution is 0.576. The van der Waals surface area contributed by atoms with Crippen LogP contribution in [0.2, 0.25) is 5.02 Å². The van der Waals surface area contributed by atoms with Crippen molar-refractivity contribution in [2.45, 2.75) is 17.9 Å². The number of anilines is 1. The highest BCUT2D eigenvalue weighted by Gasteiger charge is 2.18. The molecule has 0 bridgehead atoms. The summed E-state index contributed by atoms with van der Waals surface area (Å²) in [6, 6.07) is 23.6. The van der Waals surface area contributed by atoms with Crippen molar-refractivity contribution in [1.82, 2.24) is 4.72 Å². The molecule has 0 radical (unpaired) electrons. The number of hydrogen-bond acceptors (Lipinski definition) is 3. The summed E-state index contributed by atoms with van der Waals surface area (Å²) in [4.78, 5) is 0.252. The molecule has 4 nitrogen and oxygen atoms in total. The van der Waals surface area contributed by atoms with E-state index in [9.17, 15) is 8.42 Å². The molecule has 27 heavy (non-hydrogen) atoms. The van der Waals surface area contributed by atoms with Crippen molar-refractivity contribution in [3.63, 3.8) is 0 Å². The van der Waals surface area contributed by atoms with Crippen molar-refractivity contribution < 1.29 is 8.42 Å². The first-order chi connectivity index (χ1) is 12.9. The van der Waals surface area contributed by atoms with E-state index in [0.29, 0.717) is 5.02 Å². The second-order valence-electron chi connectivity index (χ2n) is 6.28. The number of aryl methyl sites for hydroxylation is 1. The average molecular weight is 401 g/mol. The summed E-state index contributed by atoms with van der Waals surface area (Å²) in [6.45, 7) is 2.12. The van der Waals surface area contributed by atoms with E-state index in [1.807, 2.05) is 55.5 Å². The molecule has 0 heterocycles. The molecule has 0 aliphatic heterocycles. The van der Waals surface area contributed by atoms with Gasteiger partial charge in [0.15, 0.2) is 0 Å². The standard InChI is InChI=1S/C21H21ClN2O2S/c1-16-10-12-20(13-11-16)27(25,26)23-15-21(17-6-3-2-4-7-17)24-19-9-5-8-18(22)14-19/h2-14,21,23-24H,15H2,1H3. The van der Waals surface area contributed by atoms with Gasteiger partial charge >= 0.3 is 0 Å². The molecule has 0 spiro atoms. The fourth-order valence-corrected chi connectivity index (χ4v) is 3.95. The lowest BCUT2D eigenvalue weighted by Crippen LogP contribution is -2.31. The number of rotatable bonds is 7. The van der Waals surface area contributed by atoms with Crippen LogP contribution in [0.5, 0.6) is 0 Å². The number of sulfonamides is 1. The summed E-state index contributed by atoms with van der Waals surface area (Å²) in [5.74, 6) is 0. The Morgan fingerprint density at radius 1 is 0.926 bits per heavy atom.